The maximum absolute atomic E-state index is 11.8. The van der Waals surface area contributed by atoms with Crippen LogP contribution in [0, 0.1) is 0 Å². The molecule has 0 atom stereocenters. The van der Waals surface area contributed by atoms with Gasteiger partial charge in [-0.3, -0.25) is 9.52 Å². The van der Waals surface area contributed by atoms with Gasteiger partial charge in [0.15, 0.2) is 0 Å². The number of halogens is 1. The second-order valence-corrected chi connectivity index (χ2v) is 6.67. The van der Waals surface area contributed by atoms with E-state index in [1.807, 2.05) is 0 Å². The molecular formula is C12H14BrNO6S. The standard InChI is InChI=1S/C12H14BrNO6S/c1-2-20-11(15)5-6-21(18,19)14-8-3-4-10(13)9(7-8)12(16)17/h3-4,7,14H,2,5-6H2,1H3,(H,16,17). The molecule has 0 saturated heterocycles. The minimum Gasteiger partial charge on any atom is -0.478 e. The fourth-order valence-electron chi connectivity index (χ4n) is 1.43. The average Bonchev–Trinajstić information content (AvgIpc) is 2.39. The van der Waals surface area contributed by atoms with Crippen molar-refractivity contribution in [2.45, 2.75) is 13.3 Å². The molecule has 0 radical (unpaired) electrons. The van der Waals surface area contributed by atoms with Gasteiger partial charge in [0.25, 0.3) is 0 Å². The first-order valence-electron chi connectivity index (χ1n) is 5.94. The lowest BCUT2D eigenvalue weighted by Gasteiger charge is -2.09. The molecule has 0 heterocycles. The number of rotatable bonds is 7. The van der Waals surface area contributed by atoms with Crippen molar-refractivity contribution in [1.82, 2.24) is 0 Å². The van der Waals surface area contributed by atoms with Gasteiger partial charge in [-0.15, -0.1) is 0 Å². The summed E-state index contributed by atoms with van der Waals surface area (Å²) in [6.45, 7) is 1.81. The smallest absolute Gasteiger partial charge is 0.336 e. The van der Waals surface area contributed by atoms with Crippen molar-refractivity contribution < 1.29 is 27.9 Å². The monoisotopic (exact) mass is 379 g/mol. The SMILES string of the molecule is CCOC(=O)CCS(=O)(=O)Nc1ccc(Br)c(C(=O)O)c1. The van der Waals surface area contributed by atoms with Gasteiger partial charge in [-0.25, -0.2) is 13.2 Å². The number of sulfonamides is 1. The summed E-state index contributed by atoms with van der Waals surface area (Å²) in [5, 5.41) is 8.96. The highest BCUT2D eigenvalue weighted by Crippen LogP contribution is 2.22. The Morgan fingerprint density at radius 3 is 2.62 bits per heavy atom. The molecule has 0 bridgehead atoms. The lowest BCUT2D eigenvalue weighted by Crippen LogP contribution is -2.20. The number of hydrogen-bond acceptors (Lipinski definition) is 5. The molecule has 0 aliphatic carbocycles. The van der Waals surface area contributed by atoms with Gasteiger partial charge in [0, 0.05) is 10.2 Å². The van der Waals surface area contributed by atoms with E-state index >= 15 is 0 Å². The van der Waals surface area contributed by atoms with Gasteiger partial charge < -0.3 is 9.84 Å². The Balaban J connectivity index is 2.78. The van der Waals surface area contributed by atoms with Gasteiger partial charge in [-0.1, -0.05) is 0 Å². The van der Waals surface area contributed by atoms with E-state index in [1.165, 1.54) is 18.2 Å². The van der Waals surface area contributed by atoms with Gasteiger partial charge in [-0.2, -0.15) is 0 Å². The largest absolute Gasteiger partial charge is 0.478 e. The summed E-state index contributed by atoms with van der Waals surface area (Å²) >= 11 is 3.06. The number of carbonyl (C=O) groups is 2. The Bertz CT molecular complexity index is 643. The van der Waals surface area contributed by atoms with E-state index in [4.69, 9.17) is 5.11 Å². The van der Waals surface area contributed by atoms with Crippen LogP contribution >= 0.6 is 15.9 Å². The van der Waals surface area contributed by atoms with Gasteiger partial charge in [0.2, 0.25) is 10.0 Å². The Labute approximate surface area is 130 Å². The second kappa shape index (κ2) is 7.41. The Morgan fingerprint density at radius 1 is 1.38 bits per heavy atom. The summed E-state index contributed by atoms with van der Waals surface area (Å²) in [4.78, 5) is 22.1. The predicted octanol–water partition coefficient (Wildman–Crippen LogP) is 1.84. The van der Waals surface area contributed by atoms with Crippen LogP contribution in [0.4, 0.5) is 5.69 Å². The molecule has 2 N–H and O–H groups in total. The van der Waals surface area contributed by atoms with E-state index in [1.54, 1.807) is 6.92 Å². The zero-order chi connectivity index (χ0) is 16.0. The van der Waals surface area contributed by atoms with Gasteiger partial charge >= 0.3 is 11.9 Å². The maximum atomic E-state index is 11.8. The summed E-state index contributed by atoms with van der Waals surface area (Å²) in [6.07, 6.45) is -0.272. The quantitative estimate of drug-likeness (QED) is 0.699. The molecule has 1 aromatic rings. The summed E-state index contributed by atoms with van der Waals surface area (Å²) < 4.78 is 30.8. The molecule has 0 amide bonds. The van der Waals surface area contributed by atoms with Crippen molar-refractivity contribution in [3.63, 3.8) is 0 Å². The van der Waals surface area contributed by atoms with Crippen LogP contribution in [0.1, 0.15) is 23.7 Å². The number of hydrogen-bond donors (Lipinski definition) is 2. The van der Waals surface area contributed by atoms with Crippen molar-refractivity contribution in [2.24, 2.45) is 0 Å². The number of carbonyl (C=O) groups excluding carboxylic acids is 1. The number of ether oxygens (including phenoxy) is 1. The number of aromatic carboxylic acids is 1. The van der Waals surface area contributed by atoms with Crippen LogP contribution in [-0.2, 0) is 19.6 Å². The third kappa shape index (κ3) is 5.72. The van der Waals surface area contributed by atoms with Crippen molar-refractivity contribution in [3.05, 3.63) is 28.2 Å². The zero-order valence-corrected chi connectivity index (χ0v) is 13.5. The molecule has 116 valence electrons. The molecule has 1 aromatic carbocycles. The molecule has 0 fully saturated rings. The van der Waals surface area contributed by atoms with Crippen LogP contribution in [0.3, 0.4) is 0 Å². The Morgan fingerprint density at radius 2 is 2.05 bits per heavy atom. The number of carboxylic acid groups (broad SMARTS) is 1. The van der Waals surface area contributed by atoms with Crippen LogP contribution in [0.15, 0.2) is 22.7 Å². The van der Waals surface area contributed by atoms with Gasteiger partial charge in [0.1, 0.15) is 0 Å². The van der Waals surface area contributed by atoms with Crippen molar-refractivity contribution in [2.75, 3.05) is 17.1 Å². The van der Waals surface area contributed by atoms with Gasteiger partial charge in [-0.05, 0) is 41.1 Å². The minimum absolute atomic E-state index is 0.0689. The number of benzene rings is 1. The van der Waals surface area contributed by atoms with Crippen molar-refractivity contribution >= 4 is 43.6 Å². The van der Waals surface area contributed by atoms with Crippen LogP contribution in [0.25, 0.3) is 0 Å². The van der Waals surface area contributed by atoms with Crippen molar-refractivity contribution in [3.8, 4) is 0 Å². The third-order valence-corrected chi connectivity index (χ3v) is 4.33. The lowest BCUT2D eigenvalue weighted by atomic mass is 10.2. The number of anilines is 1. The summed E-state index contributed by atoms with van der Waals surface area (Å²) in [5.41, 5.74) is 0.0417. The number of carboxylic acids is 1. The van der Waals surface area contributed by atoms with E-state index in [2.05, 4.69) is 25.4 Å². The first-order chi connectivity index (χ1) is 9.75. The van der Waals surface area contributed by atoms with Crippen LogP contribution < -0.4 is 4.72 Å². The Kier molecular flexibility index (Phi) is 6.16. The topological polar surface area (TPSA) is 110 Å². The normalized spacial score (nSPS) is 11.0. The van der Waals surface area contributed by atoms with E-state index in [-0.39, 0.29) is 24.3 Å². The molecule has 9 heteroatoms. The third-order valence-electron chi connectivity index (χ3n) is 2.35. The second-order valence-electron chi connectivity index (χ2n) is 3.98. The molecule has 0 aromatic heterocycles. The highest BCUT2D eigenvalue weighted by molar-refractivity contribution is 9.10. The van der Waals surface area contributed by atoms with E-state index in [0.29, 0.717) is 4.47 Å². The molecule has 0 spiro atoms. The van der Waals surface area contributed by atoms with E-state index in [9.17, 15) is 18.0 Å². The van der Waals surface area contributed by atoms with Crippen molar-refractivity contribution in [1.29, 1.82) is 0 Å². The minimum atomic E-state index is -3.76. The molecule has 0 unspecified atom stereocenters. The molecule has 21 heavy (non-hydrogen) atoms. The number of esters is 1. The van der Waals surface area contributed by atoms with E-state index < -0.39 is 27.7 Å². The van der Waals surface area contributed by atoms with Crippen LogP contribution in [0.5, 0.6) is 0 Å². The predicted molar refractivity (Wildman–Crippen MR) is 79.8 cm³/mol. The zero-order valence-electron chi connectivity index (χ0n) is 11.1. The molecule has 0 aliphatic heterocycles. The first-order valence-corrected chi connectivity index (χ1v) is 8.38. The van der Waals surface area contributed by atoms with E-state index in [0.717, 1.165) is 0 Å². The fraction of sp³-hybridized carbons (Fsp3) is 0.333. The lowest BCUT2D eigenvalue weighted by molar-refractivity contribution is -0.142. The molecule has 0 aliphatic rings. The highest BCUT2D eigenvalue weighted by Gasteiger charge is 2.16. The molecular weight excluding hydrogens is 366 g/mol. The summed E-state index contributed by atoms with van der Waals surface area (Å²) in [7, 11) is -3.76. The highest BCUT2D eigenvalue weighted by atomic mass is 79.9. The van der Waals surface area contributed by atoms with Crippen LogP contribution in [0.2, 0.25) is 0 Å². The number of nitrogens with one attached hydrogen (secondary N) is 1. The molecule has 1 rings (SSSR count). The van der Waals surface area contributed by atoms with Gasteiger partial charge in [0.05, 0.1) is 24.3 Å². The van der Waals surface area contributed by atoms with Crippen LogP contribution in [-0.4, -0.2) is 37.8 Å². The Hall–Kier alpha value is -1.61. The fourth-order valence-corrected chi connectivity index (χ4v) is 2.87. The molecule has 0 saturated carbocycles. The average molecular weight is 380 g/mol. The summed E-state index contributed by atoms with van der Waals surface area (Å²) in [5.74, 6) is -2.23. The molecule has 7 nitrogen and oxygen atoms in total. The summed E-state index contributed by atoms with van der Waals surface area (Å²) in [6, 6.07) is 4.03. The first kappa shape index (κ1) is 17.4. The maximum Gasteiger partial charge on any atom is 0.336 e.